The van der Waals surface area contributed by atoms with Crippen LogP contribution in [-0.2, 0) is 28.5 Å². The minimum absolute atomic E-state index is 0.200. The summed E-state index contributed by atoms with van der Waals surface area (Å²) in [5.41, 5.74) is 0. The summed E-state index contributed by atoms with van der Waals surface area (Å²) >= 11 is 0. The Bertz CT molecular complexity index is 1090. The Morgan fingerprint density at radius 2 is 1.06 bits per heavy atom. The maximum atomic E-state index is 12.7. The molecule has 6 atom stereocenters. The molecule has 0 radical (unpaired) electrons. The van der Waals surface area contributed by atoms with Gasteiger partial charge in [-0.3, -0.25) is 9.59 Å². The van der Waals surface area contributed by atoms with Gasteiger partial charge in [0.05, 0.1) is 13.2 Å². The van der Waals surface area contributed by atoms with Crippen LogP contribution in [0.25, 0.3) is 0 Å². The molecule has 1 heterocycles. The van der Waals surface area contributed by atoms with E-state index in [2.05, 4.69) is 86.8 Å². The van der Waals surface area contributed by atoms with Gasteiger partial charge < -0.3 is 39.4 Å². The van der Waals surface area contributed by atoms with Gasteiger partial charge in [-0.15, -0.1) is 0 Å². The second-order valence-electron chi connectivity index (χ2n) is 13.3. The number of ether oxygens (including phenoxy) is 4. The van der Waals surface area contributed by atoms with E-state index in [4.69, 9.17) is 18.9 Å². The molecule has 1 saturated heterocycles. The van der Waals surface area contributed by atoms with Crippen LogP contribution in [-0.4, -0.2) is 89.0 Å². The molecule has 0 aromatic carbocycles. The highest BCUT2D eigenvalue weighted by molar-refractivity contribution is 5.70. The molecule has 0 spiro atoms. The molecule has 0 aliphatic carbocycles. The number of hydrogen-bond acceptors (Lipinski definition) is 10. The van der Waals surface area contributed by atoms with Gasteiger partial charge in [0.1, 0.15) is 31.0 Å². The van der Waals surface area contributed by atoms with Crippen molar-refractivity contribution in [2.24, 2.45) is 0 Å². The lowest BCUT2D eigenvalue weighted by Gasteiger charge is -2.39. The molecule has 1 rings (SSSR count). The molecule has 10 nitrogen and oxygen atoms in total. The molecule has 4 N–H and O–H groups in total. The second-order valence-corrected chi connectivity index (χ2v) is 13.3. The van der Waals surface area contributed by atoms with E-state index in [9.17, 15) is 30.0 Å². The van der Waals surface area contributed by atoms with Crippen LogP contribution >= 0.6 is 0 Å². The Balaban J connectivity index is 2.42. The topological polar surface area (TPSA) is 152 Å². The summed E-state index contributed by atoms with van der Waals surface area (Å²) < 4.78 is 22.0. The molecule has 1 aliphatic heterocycles. The third-order valence-corrected chi connectivity index (χ3v) is 8.59. The van der Waals surface area contributed by atoms with E-state index in [1.165, 1.54) is 0 Å². The molecule has 1 fully saturated rings. The Morgan fingerprint density at radius 1 is 0.585 bits per heavy atom. The monoisotopic (exact) mass is 746 g/mol. The van der Waals surface area contributed by atoms with Crippen molar-refractivity contribution in [3.63, 3.8) is 0 Å². The van der Waals surface area contributed by atoms with Crippen molar-refractivity contribution in [1.82, 2.24) is 0 Å². The molecule has 0 aromatic heterocycles. The first-order chi connectivity index (χ1) is 25.8. The first-order valence-corrected chi connectivity index (χ1v) is 20.0. The number of carbonyl (C=O) groups is 2. The summed E-state index contributed by atoms with van der Waals surface area (Å²) in [6.07, 6.45) is 33.4. The van der Waals surface area contributed by atoms with E-state index < -0.39 is 55.4 Å². The Kier molecular flexibility index (Phi) is 30.6. The van der Waals surface area contributed by atoms with Gasteiger partial charge in [0, 0.05) is 12.8 Å². The molecular weight excluding hydrogens is 676 g/mol. The predicted molar refractivity (Wildman–Crippen MR) is 210 cm³/mol. The molecule has 0 bridgehead atoms. The highest BCUT2D eigenvalue weighted by Crippen LogP contribution is 2.22. The van der Waals surface area contributed by atoms with E-state index in [1.807, 2.05) is 0 Å². The predicted octanol–water partition coefficient (Wildman–Crippen LogP) is 7.66. The van der Waals surface area contributed by atoms with E-state index in [0.717, 1.165) is 89.9 Å². The average molecular weight is 747 g/mol. The fraction of sp³-hybridized carbons (Fsp3) is 0.674. The van der Waals surface area contributed by atoms with Crippen molar-refractivity contribution in [3.05, 3.63) is 72.9 Å². The van der Waals surface area contributed by atoms with Crippen molar-refractivity contribution in [1.29, 1.82) is 0 Å². The molecule has 302 valence electrons. The lowest BCUT2D eigenvalue weighted by atomic mass is 9.99. The van der Waals surface area contributed by atoms with Gasteiger partial charge >= 0.3 is 11.9 Å². The van der Waals surface area contributed by atoms with Crippen molar-refractivity contribution >= 4 is 11.9 Å². The molecule has 0 amide bonds. The van der Waals surface area contributed by atoms with Gasteiger partial charge in [-0.2, -0.15) is 0 Å². The summed E-state index contributed by atoms with van der Waals surface area (Å²) in [5.74, 6) is -0.871. The molecule has 10 heteroatoms. The zero-order chi connectivity index (χ0) is 38.8. The molecule has 53 heavy (non-hydrogen) atoms. The van der Waals surface area contributed by atoms with E-state index in [0.29, 0.717) is 12.8 Å². The van der Waals surface area contributed by atoms with Gasteiger partial charge in [0.25, 0.3) is 0 Å². The minimum atomic E-state index is -1.61. The van der Waals surface area contributed by atoms with Crippen LogP contribution in [0.3, 0.4) is 0 Å². The number of aliphatic hydroxyl groups excluding tert-OH is 4. The van der Waals surface area contributed by atoms with E-state index in [-0.39, 0.29) is 26.1 Å². The number of allylic oxidation sites excluding steroid dienone is 12. The number of rotatable bonds is 31. The van der Waals surface area contributed by atoms with Crippen LogP contribution in [0.2, 0.25) is 0 Å². The normalized spacial score (nSPS) is 21.7. The molecule has 6 unspecified atom stereocenters. The fourth-order valence-electron chi connectivity index (χ4n) is 5.45. The quantitative estimate of drug-likeness (QED) is 0.0316. The van der Waals surface area contributed by atoms with Crippen LogP contribution in [0.1, 0.15) is 129 Å². The van der Waals surface area contributed by atoms with Crippen molar-refractivity contribution in [3.8, 4) is 0 Å². The highest BCUT2D eigenvalue weighted by Gasteiger charge is 2.44. The molecule has 1 aliphatic rings. The van der Waals surface area contributed by atoms with Gasteiger partial charge in [0.15, 0.2) is 12.4 Å². The van der Waals surface area contributed by atoms with Gasteiger partial charge in [-0.1, -0.05) is 112 Å². The van der Waals surface area contributed by atoms with Crippen LogP contribution in [0.4, 0.5) is 0 Å². The van der Waals surface area contributed by atoms with Crippen molar-refractivity contribution in [2.75, 3.05) is 19.8 Å². The Hall–Kier alpha value is -2.86. The average Bonchev–Trinajstić information content (AvgIpc) is 3.15. The zero-order valence-corrected chi connectivity index (χ0v) is 32.5. The van der Waals surface area contributed by atoms with Crippen LogP contribution in [0, 0.1) is 0 Å². The molecule has 0 aromatic rings. The maximum Gasteiger partial charge on any atom is 0.306 e. The lowest BCUT2D eigenvalue weighted by molar-refractivity contribution is -0.305. The Labute approximate surface area is 319 Å². The number of hydrogen-bond donors (Lipinski definition) is 4. The molecule has 0 saturated carbocycles. The fourth-order valence-corrected chi connectivity index (χ4v) is 5.45. The smallest absolute Gasteiger partial charge is 0.306 e. The summed E-state index contributed by atoms with van der Waals surface area (Å²) in [7, 11) is 0. The number of aliphatic hydroxyl groups is 4. The number of esters is 2. The lowest BCUT2D eigenvalue weighted by Crippen LogP contribution is -2.59. The van der Waals surface area contributed by atoms with Crippen LogP contribution < -0.4 is 0 Å². The maximum absolute atomic E-state index is 12.7. The number of carbonyl (C=O) groups excluding carboxylic acids is 2. The Morgan fingerprint density at radius 3 is 1.60 bits per heavy atom. The van der Waals surface area contributed by atoms with E-state index in [1.54, 1.807) is 0 Å². The van der Waals surface area contributed by atoms with E-state index >= 15 is 0 Å². The van der Waals surface area contributed by atoms with Gasteiger partial charge in [-0.05, 0) is 77.0 Å². The van der Waals surface area contributed by atoms with Gasteiger partial charge in [-0.25, -0.2) is 0 Å². The summed E-state index contributed by atoms with van der Waals surface area (Å²) in [5, 5.41) is 40.0. The van der Waals surface area contributed by atoms with Gasteiger partial charge in [0.2, 0.25) is 0 Å². The summed E-state index contributed by atoms with van der Waals surface area (Å²) in [6.45, 7) is 3.11. The number of unbranched alkanes of at least 4 members (excludes halogenated alkanes) is 8. The third kappa shape index (κ3) is 25.7. The summed E-state index contributed by atoms with van der Waals surface area (Å²) in [6, 6.07) is 0. The standard InChI is InChI=1S/C43H70O10/c1-3-5-7-9-11-13-15-17-18-20-22-24-26-28-30-32-39(46)52-36(35-51-43-42(49)41(48)40(47)37(33-44)53-43)34-50-38(45)31-29-27-25-23-21-19-16-14-12-10-8-6-4-2/h5-8,11-14,17-19,21,36-37,40-44,47-49H,3-4,9-10,15-16,20,22-35H2,1-2H3/b7-5-,8-6-,13-11-,14-12-,18-17-,21-19-. The SMILES string of the molecule is CC/C=C\C/C=C\C/C=C\CCCCCCCC(=O)OC(COC(=O)CCCCC/C=C\C/C=C\C/C=C\CC)COC1OC(CO)C(O)C(O)C1O. The van der Waals surface area contributed by atoms with Crippen molar-refractivity contribution in [2.45, 2.75) is 166 Å². The first-order valence-electron chi connectivity index (χ1n) is 20.0. The third-order valence-electron chi connectivity index (χ3n) is 8.59. The van der Waals surface area contributed by atoms with Crippen molar-refractivity contribution < 1.29 is 49.0 Å². The minimum Gasteiger partial charge on any atom is -0.462 e. The van der Waals surface area contributed by atoms with Crippen LogP contribution in [0.15, 0.2) is 72.9 Å². The summed E-state index contributed by atoms with van der Waals surface area (Å²) in [4.78, 5) is 25.2. The largest absolute Gasteiger partial charge is 0.462 e. The zero-order valence-electron chi connectivity index (χ0n) is 32.5. The van der Waals surface area contributed by atoms with Crippen LogP contribution in [0.5, 0.6) is 0 Å². The highest BCUT2D eigenvalue weighted by atomic mass is 16.7. The second kappa shape index (κ2) is 33.7. The molecular formula is C43H70O10. The first kappa shape index (κ1) is 48.2.